The fourth-order valence-corrected chi connectivity index (χ4v) is 2.99. The number of carbonyl (C=O) groups excluding carboxylic acids is 1. The number of nitrogens with zero attached hydrogens (tertiary/aromatic N) is 2. The molecule has 0 radical (unpaired) electrons. The maximum atomic E-state index is 11.1. The summed E-state index contributed by atoms with van der Waals surface area (Å²) in [5.41, 5.74) is 5.27. The summed E-state index contributed by atoms with van der Waals surface area (Å²) < 4.78 is 0. The van der Waals surface area contributed by atoms with Crippen LogP contribution >= 0.6 is 0 Å². The maximum Gasteiger partial charge on any atom is 0.222 e. The van der Waals surface area contributed by atoms with Crippen LogP contribution in [0.4, 0.5) is 5.95 Å². The SMILES string of the molecule is CC(=O)NC(C)Cc1ccc(C#Cc2cnc(NCc3ccc(C)cc3)nc2)cc1. The molecule has 0 bridgehead atoms. The zero-order valence-electron chi connectivity index (χ0n) is 17.6. The van der Waals surface area contributed by atoms with E-state index in [1.54, 1.807) is 12.4 Å². The molecule has 1 unspecified atom stereocenters. The van der Waals surface area contributed by atoms with Gasteiger partial charge < -0.3 is 10.6 Å². The third-order valence-electron chi connectivity index (χ3n) is 4.52. The fourth-order valence-electron chi connectivity index (χ4n) is 2.99. The van der Waals surface area contributed by atoms with Gasteiger partial charge in [-0.05, 0) is 43.5 Å². The molecule has 30 heavy (non-hydrogen) atoms. The van der Waals surface area contributed by atoms with Crippen molar-refractivity contribution >= 4 is 11.9 Å². The number of aromatic nitrogens is 2. The van der Waals surface area contributed by atoms with Crippen molar-refractivity contribution in [1.29, 1.82) is 0 Å². The number of amides is 1. The summed E-state index contributed by atoms with van der Waals surface area (Å²) in [6.45, 7) is 6.28. The quantitative estimate of drug-likeness (QED) is 0.619. The summed E-state index contributed by atoms with van der Waals surface area (Å²) >= 11 is 0. The highest BCUT2D eigenvalue weighted by atomic mass is 16.1. The fraction of sp³-hybridized carbons (Fsp3) is 0.240. The van der Waals surface area contributed by atoms with Gasteiger partial charge in [-0.2, -0.15) is 0 Å². The lowest BCUT2D eigenvalue weighted by atomic mass is 10.1. The Morgan fingerprint density at radius 1 is 0.933 bits per heavy atom. The number of hydrogen-bond acceptors (Lipinski definition) is 4. The largest absolute Gasteiger partial charge is 0.354 e. The molecule has 0 aliphatic rings. The van der Waals surface area contributed by atoms with Gasteiger partial charge in [0.15, 0.2) is 0 Å². The molecule has 0 saturated heterocycles. The Morgan fingerprint density at radius 2 is 1.53 bits per heavy atom. The molecule has 0 fully saturated rings. The Hall–Kier alpha value is -3.65. The Balaban J connectivity index is 1.54. The average molecular weight is 399 g/mol. The van der Waals surface area contributed by atoms with Gasteiger partial charge in [-0.1, -0.05) is 53.8 Å². The molecular weight excluding hydrogens is 372 g/mol. The first-order valence-corrected chi connectivity index (χ1v) is 9.97. The van der Waals surface area contributed by atoms with E-state index >= 15 is 0 Å². The molecule has 0 saturated carbocycles. The standard InChI is InChI=1S/C25H26N4O/c1-18-4-6-23(7-5-18)15-26-25-27-16-24(17-28-25)13-10-21-8-11-22(12-9-21)14-19(2)29-20(3)30/h4-9,11-12,16-17,19H,14-15H2,1-3H3,(H,29,30)(H,26,27,28). The molecule has 1 heterocycles. The number of nitrogens with one attached hydrogen (secondary N) is 2. The van der Waals surface area contributed by atoms with E-state index in [2.05, 4.69) is 63.6 Å². The molecule has 1 aromatic heterocycles. The van der Waals surface area contributed by atoms with Crippen molar-refractivity contribution < 1.29 is 4.79 Å². The van der Waals surface area contributed by atoms with Crippen LogP contribution in [0.5, 0.6) is 0 Å². The predicted molar refractivity (Wildman–Crippen MR) is 120 cm³/mol. The highest BCUT2D eigenvalue weighted by Crippen LogP contribution is 2.08. The summed E-state index contributed by atoms with van der Waals surface area (Å²) in [5.74, 6) is 6.80. The third kappa shape index (κ3) is 6.75. The second kappa shape index (κ2) is 10.2. The average Bonchev–Trinajstić information content (AvgIpc) is 2.73. The first-order chi connectivity index (χ1) is 14.5. The van der Waals surface area contributed by atoms with Crippen LogP contribution in [-0.4, -0.2) is 21.9 Å². The van der Waals surface area contributed by atoms with Gasteiger partial charge in [0.2, 0.25) is 11.9 Å². The third-order valence-corrected chi connectivity index (χ3v) is 4.52. The van der Waals surface area contributed by atoms with Gasteiger partial charge in [-0.15, -0.1) is 0 Å². The second-order valence-electron chi connectivity index (χ2n) is 7.39. The highest BCUT2D eigenvalue weighted by molar-refractivity contribution is 5.73. The minimum atomic E-state index is -0.0106. The summed E-state index contributed by atoms with van der Waals surface area (Å²) in [7, 11) is 0. The van der Waals surface area contributed by atoms with Crippen molar-refractivity contribution in [3.63, 3.8) is 0 Å². The first-order valence-electron chi connectivity index (χ1n) is 9.97. The van der Waals surface area contributed by atoms with Gasteiger partial charge in [-0.25, -0.2) is 9.97 Å². The first kappa shape index (κ1) is 21.1. The van der Waals surface area contributed by atoms with Crippen LogP contribution in [0.25, 0.3) is 0 Å². The van der Waals surface area contributed by atoms with E-state index in [4.69, 9.17) is 0 Å². The number of benzene rings is 2. The Morgan fingerprint density at radius 3 is 2.17 bits per heavy atom. The molecule has 2 aromatic carbocycles. The number of carbonyl (C=O) groups is 1. The summed E-state index contributed by atoms with van der Waals surface area (Å²) in [6, 6.07) is 16.5. The zero-order chi connectivity index (χ0) is 21.3. The molecule has 5 heteroatoms. The minimum Gasteiger partial charge on any atom is -0.354 e. The lowest BCUT2D eigenvalue weighted by molar-refractivity contribution is -0.119. The van der Waals surface area contributed by atoms with E-state index in [0.717, 1.165) is 23.1 Å². The maximum absolute atomic E-state index is 11.1. The minimum absolute atomic E-state index is 0.0106. The van der Waals surface area contributed by atoms with Crippen LogP contribution in [0.15, 0.2) is 60.9 Å². The van der Waals surface area contributed by atoms with Gasteiger partial charge in [0.05, 0.1) is 5.56 Å². The van der Waals surface area contributed by atoms with Gasteiger partial charge in [-0.3, -0.25) is 4.79 Å². The smallest absolute Gasteiger partial charge is 0.222 e. The van der Waals surface area contributed by atoms with Crippen LogP contribution in [-0.2, 0) is 17.8 Å². The van der Waals surface area contributed by atoms with E-state index in [0.29, 0.717) is 12.5 Å². The number of rotatable bonds is 6. The van der Waals surface area contributed by atoms with Gasteiger partial charge >= 0.3 is 0 Å². The molecule has 152 valence electrons. The Labute approximate surface area is 178 Å². The lowest BCUT2D eigenvalue weighted by Gasteiger charge is -2.12. The summed E-state index contributed by atoms with van der Waals surface area (Å²) in [5, 5.41) is 6.11. The zero-order valence-corrected chi connectivity index (χ0v) is 17.6. The molecule has 0 aliphatic heterocycles. The van der Waals surface area contributed by atoms with Crippen LogP contribution in [0, 0.1) is 18.8 Å². The molecule has 3 rings (SSSR count). The molecule has 1 atom stereocenters. The van der Waals surface area contributed by atoms with Crippen molar-refractivity contribution in [3.8, 4) is 11.8 Å². The van der Waals surface area contributed by atoms with Crippen molar-refractivity contribution in [3.05, 3.63) is 88.7 Å². The topological polar surface area (TPSA) is 66.9 Å². The molecular formula is C25H26N4O. The monoisotopic (exact) mass is 398 g/mol. The van der Waals surface area contributed by atoms with Crippen LogP contribution in [0.3, 0.4) is 0 Å². The van der Waals surface area contributed by atoms with Crippen molar-refractivity contribution in [2.24, 2.45) is 0 Å². The van der Waals surface area contributed by atoms with Crippen LogP contribution in [0.2, 0.25) is 0 Å². The molecule has 1 amide bonds. The molecule has 3 aromatic rings. The number of aryl methyl sites for hydroxylation is 1. The number of hydrogen-bond donors (Lipinski definition) is 2. The molecule has 5 nitrogen and oxygen atoms in total. The lowest BCUT2D eigenvalue weighted by Crippen LogP contribution is -2.31. The second-order valence-corrected chi connectivity index (χ2v) is 7.39. The van der Waals surface area contributed by atoms with Crippen molar-refractivity contribution in [2.45, 2.75) is 39.8 Å². The van der Waals surface area contributed by atoms with E-state index < -0.39 is 0 Å². The molecule has 0 spiro atoms. The number of anilines is 1. The van der Waals surface area contributed by atoms with Crippen molar-refractivity contribution in [2.75, 3.05) is 5.32 Å². The van der Waals surface area contributed by atoms with E-state index in [1.165, 1.54) is 18.1 Å². The van der Waals surface area contributed by atoms with Gasteiger partial charge in [0.25, 0.3) is 0 Å². The van der Waals surface area contributed by atoms with Gasteiger partial charge in [0, 0.05) is 37.5 Å². The van der Waals surface area contributed by atoms with Gasteiger partial charge in [0.1, 0.15) is 0 Å². The van der Waals surface area contributed by atoms with Crippen molar-refractivity contribution in [1.82, 2.24) is 15.3 Å². The predicted octanol–water partition coefficient (Wildman–Crippen LogP) is 3.86. The summed E-state index contributed by atoms with van der Waals surface area (Å²) in [6.07, 6.45) is 4.24. The molecule has 0 aliphatic carbocycles. The Kier molecular flexibility index (Phi) is 7.18. The van der Waals surface area contributed by atoms with E-state index in [-0.39, 0.29) is 11.9 Å². The Bertz CT molecular complexity index is 1030. The molecule has 2 N–H and O–H groups in total. The highest BCUT2D eigenvalue weighted by Gasteiger charge is 2.04. The normalized spacial score (nSPS) is 11.2. The van der Waals surface area contributed by atoms with Crippen LogP contribution in [0.1, 0.15) is 41.7 Å². The van der Waals surface area contributed by atoms with E-state index in [1.807, 2.05) is 31.2 Å². The van der Waals surface area contributed by atoms with Crippen LogP contribution < -0.4 is 10.6 Å². The van der Waals surface area contributed by atoms with E-state index in [9.17, 15) is 4.79 Å². The summed E-state index contributed by atoms with van der Waals surface area (Å²) in [4.78, 5) is 19.8.